The van der Waals surface area contributed by atoms with Crippen molar-refractivity contribution in [2.24, 2.45) is 0 Å². The largest absolute Gasteiger partial charge is 0.447 e. The zero-order valence-electron chi connectivity index (χ0n) is 11.9. The van der Waals surface area contributed by atoms with E-state index in [4.69, 9.17) is 4.42 Å². The summed E-state index contributed by atoms with van der Waals surface area (Å²) in [5.74, 6) is 1.45. The number of H-pyrrole nitrogens is 1. The van der Waals surface area contributed by atoms with Crippen LogP contribution in [0.2, 0.25) is 0 Å². The van der Waals surface area contributed by atoms with E-state index >= 15 is 0 Å². The minimum atomic E-state index is -3.58. The lowest BCUT2D eigenvalue weighted by atomic mass is 10.3. The summed E-state index contributed by atoms with van der Waals surface area (Å²) in [6.45, 7) is 3.63. The average Bonchev–Trinajstić information content (AvgIpc) is 3.13. The third kappa shape index (κ3) is 4.69. The molecule has 8 heteroatoms. The van der Waals surface area contributed by atoms with Gasteiger partial charge in [-0.25, -0.2) is 18.1 Å². The van der Waals surface area contributed by atoms with Gasteiger partial charge in [0.1, 0.15) is 11.6 Å². The molecule has 21 heavy (non-hydrogen) atoms. The average molecular weight is 312 g/mol. The van der Waals surface area contributed by atoms with Gasteiger partial charge in [-0.3, -0.25) is 0 Å². The highest BCUT2D eigenvalue weighted by atomic mass is 32.2. The number of aromatic amines is 1. The molecule has 0 aliphatic heterocycles. The summed E-state index contributed by atoms with van der Waals surface area (Å²) in [7, 11) is -3.58. The van der Waals surface area contributed by atoms with E-state index in [-0.39, 0.29) is 5.09 Å². The molecule has 116 valence electrons. The van der Waals surface area contributed by atoms with Crippen LogP contribution in [0.3, 0.4) is 0 Å². The molecule has 0 amide bonds. The maximum Gasteiger partial charge on any atom is 0.273 e. The van der Waals surface area contributed by atoms with Crippen molar-refractivity contribution in [1.82, 2.24) is 20.0 Å². The van der Waals surface area contributed by atoms with Gasteiger partial charge in [-0.2, -0.15) is 0 Å². The van der Waals surface area contributed by atoms with Crippen LogP contribution in [0.1, 0.15) is 24.9 Å². The molecule has 0 saturated carbocycles. The summed E-state index contributed by atoms with van der Waals surface area (Å²) in [6, 6.07) is 3.14. The summed E-state index contributed by atoms with van der Waals surface area (Å²) in [6.07, 6.45) is 4.78. The van der Waals surface area contributed by atoms with Crippen LogP contribution in [0.25, 0.3) is 0 Å². The number of nitrogens with one attached hydrogen (secondary N) is 3. The van der Waals surface area contributed by atoms with Crippen molar-refractivity contribution in [3.8, 4) is 0 Å². The Bertz CT molecular complexity index is 634. The van der Waals surface area contributed by atoms with Gasteiger partial charge in [0.2, 0.25) is 5.09 Å². The number of aromatic nitrogens is 2. The molecule has 0 spiro atoms. The van der Waals surface area contributed by atoms with Crippen LogP contribution in [0, 0.1) is 0 Å². The highest BCUT2D eigenvalue weighted by molar-refractivity contribution is 7.89. The first kappa shape index (κ1) is 15.7. The number of imidazole rings is 1. The quantitative estimate of drug-likeness (QED) is 0.600. The molecule has 0 unspecified atom stereocenters. The van der Waals surface area contributed by atoms with Crippen molar-refractivity contribution >= 4 is 10.0 Å². The van der Waals surface area contributed by atoms with E-state index in [2.05, 4.69) is 20.0 Å². The number of furan rings is 1. The number of aryl methyl sites for hydroxylation is 1. The van der Waals surface area contributed by atoms with Gasteiger partial charge in [-0.05, 0) is 25.1 Å². The maximum atomic E-state index is 12.0. The lowest BCUT2D eigenvalue weighted by Crippen LogP contribution is -2.24. The first-order valence-corrected chi connectivity index (χ1v) is 8.37. The molecule has 0 radical (unpaired) electrons. The highest BCUT2D eigenvalue weighted by Crippen LogP contribution is 2.13. The van der Waals surface area contributed by atoms with Gasteiger partial charge in [0.05, 0.1) is 6.54 Å². The third-order valence-corrected chi connectivity index (χ3v) is 4.22. The van der Waals surface area contributed by atoms with Gasteiger partial charge < -0.3 is 14.7 Å². The van der Waals surface area contributed by atoms with Crippen molar-refractivity contribution in [2.75, 3.05) is 13.1 Å². The van der Waals surface area contributed by atoms with E-state index in [1.807, 2.05) is 6.92 Å². The fraction of sp³-hybridized carbons (Fsp3) is 0.462. The second-order valence-electron chi connectivity index (χ2n) is 4.54. The molecule has 2 aromatic heterocycles. The Morgan fingerprint density at radius 2 is 2.24 bits per heavy atom. The van der Waals surface area contributed by atoms with Crippen molar-refractivity contribution in [3.05, 3.63) is 36.1 Å². The van der Waals surface area contributed by atoms with E-state index in [0.29, 0.717) is 31.7 Å². The molecular formula is C13H20N4O3S. The number of nitrogens with zero attached hydrogens (tertiary/aromatic N) is 1. The number of hydrogen-bond donors (Lipinski definition) is 3. The molecule has 2 heterocycles. The zero-order chi connectivity index (χ0) is 15.1. The minimum absolute atomic E-state index is 0.0478. The summed E-state index contributed by atoms with van der Waals surface area (Å²) in [5, 5.41) is 3.03. The molecule has 7 nitrogen and oxygen atoms in total. The SMILES string of the molecule is CCNCc1ccc(S(=O)(=O)NCCCc2ncc[nH]2)o1. The van der Waals surface area contributed by atoms with Gasteiger partial charge in [-0.1, -0.05) is 6.92 Å². The van der Waals surface area contributed by atoms with Gasteiger partial charge in [0, 0.05) is 25.4 Å². The van der Waals surface area contributed by atoms with Crippen LogP contribution in [0.15, 0.2) is 34.0 Å². The molecule has 2 aromatic rings. The van der Waals surface area contributed by atoms with Gasteiger partial charge in [0.25, 0.3) is 10.0 Å². The summed E-state index contributed by atoms with van der Waals surface area (Å²) in [4.78, 5) is 7.06. The lowest BCUT2D eigenvalue weighted by molar-refractivity contribution is 0.401. The minimum Gasteiger partial charge on any atom is -0.447 e. The molecule has 0 atom stereocenters. The molecule has 0 aliphatic carbocycles. The third-order valence-electron chi connectivity index (χ3n) is 2.89. The molecule has 0 bridgehead atoms. The molecule has 0 fully saturated rings. The normalized spacial score (nSPS) is 11.9. The van der Waals surface area contributed by atoms with Gasteiger partial charge >= 0.3 is 0 Å². The van der Waals surface area contributed by atoms with E-state index in [9.17, 15) is 8.42 Å². The van der Waals surface area contributed by atoms with E-state index in [1.165, 1.54) is 6.07 Å². The Kier molecular flexibility index (Phi) is 5.54. The first-order chi connectivity index (χ1) is 10.1. The van der Waals surface area contributed by atoms with Crippen molar-refractivity contribution in [1.29, 1.82) is 0 Å². The molecular weight excluding hydrogens is 292 g/mol. The lowest BCUT2D eigenvalue weighted by Gasteiger charge is -2.03. The van der Waals surface area contributed by atoms with Crippen LogP contribution in [-0.2, 0) is 23.0 Å². The first-order valence-electron chi connectivity index (χ1n) is 6.89. The van der Waals surface area contributed by atoms with E-state index in [0.717, 1.165) is 12.4 Å². The van der Waals surface area contributed by atoms with Crippen molar-refractivity contribution in [3.63, 3.8) is 0 Å². The van der Waals surface area contributed by atoms with Crippen LogP contribution in [0.5, 0.6) is 0 Å². The number of sulfonamides is 1. The van der Waals surface area contributed by atoms with Gasteiger partial charge in [-0.15, -0.1) is 0 Å². The molecule has 0 aromatic carbocycles. The van der Waals surface area contributed by atoms with Crippen LogP contribution < -0.4 is 10.0 Å². The van der Waals surface area contributed by atoms with Crippen molar-refractivity contribution < 1.29 is 12.8 Å². The maximum absolute atomic E-state index is 12.0. The Morgan fingerprint density at radius 3 is 2.95 bits per heavy atom. The van der Waals surface area contributed by atoms with E-state index in [1.54, 1.807) is 18.5 Å². The Labute approximate surface area is 124 Å². The monoisotopic (exact) mass is 312 g/mol. The molecule has 2 rings (SSSR count). The standard InChI is InChI=1S/C13H20N4O3S/c1-2-14-10-11-5-6-13(20-11)21(18,19)17-7-3-4-12-15-8-9-16-12/h5-6,8-9,14,17H,2-4,7,10H2,1H3,(H,15,16). The predicted molar refractivity (Wildman–Crippen MR) is 78.2 cm³/mol. The van der Waals surface area contributed by atoms with Crippen LogP contribution >= 0.6 is 0 Å². The molecule has 0 aliphatic rings. The van der Waals surface area contributed by atoms with E-state index < -0.39 is 10.0 Å². The zero-order valence-corrected chi connectivity index (χ0v) is 12.7. The summed E-state index contributed by atoms with van der Waals surface area (Å²) < 4.78 is 31.9. The second kappa shape index (κ2) is 7.39. The predicted octanol–water partition coefficient (Wildman–Crippen LogP) is 1.02. The summed E-state index contributed by atoms with van der Waals surface area (Å²) >= 11 is 0. The van der Waals surface area contributed by atoms with Gasteiger partial charge in [0.15, 0.2) is 0 Å². The van der Waals surface area contributed by atoms with Crippen molar-refractivity contribution in [2.45, 2.75) is 31.4 Å². The topological polar surface area (TPSA) is 100 Å². The van der Waals surface area contributed by atoms with Crippen LogP contribution in [-0.4, -0.2) is 31.5 Å². The number of hydrogen-bond acceptors (Lipinski definition) is 5. The fourth-order valence-corrected chi connectivity index (χ4v) is 2.83. The highest BCUT2D eigenvalue weighted by Gasteiger charge is 2.17. The molecule has 0 saturated heterocycles. The van der Waals surface area contributed by atoms with Crippen LogP contribution in [0.4, 0.5) is 0 Å². The molecule has 3 N–H and O–H groups in total. The Balaban J connectivity index is 1.82. The Hall–Kier alpha value is -1.64. The summed E-state index contributed by atoms with van der Waals surface area (Å²) in [5.41, 5.74) is 0. The second-order valence-corrected chi connectivity index (χ2v) is 6.24. The smallest absolute Gasteiger partial charge is 0.273 e. The Morgan fingerprint density at radius 1 is 1.38 bits per heavy atom. The fourth-order valence-electron chi connectivity index (χ4n) is 1.81. The number of rotatable bonds is 9.